The number of nitrogens with zero attached hydrogens (tertiary/aromatic N) is 1. The molecule has 8 heteroatoms. The average molecular weight is 526 g/mol. The molecule has 0 aliphatic heterocycles. The van der Waals surface area contributed by atoms with Crippen molar-refractivity contribution >= 4 is 29.1 Å². The molecular formula is C29H39N3O4S. The largest absolute Gasteiger partial charge is 0.497 e. The lowest BCUT2D eigenvalue weighted by Crippen LogP contribution is -2.52. The van der Waals surface area contributed by atoms with Gasteiger partial charge in [-0.1, -0.05) is 36.8 Å². The van der Waals surface area contributed by atoms with Crippen molar-refractivity contribution in [3.8, 4) is 5.75 Å². The van der Waals surface area contributed by atoms with E-state index in [1.54, 1.807) is 30.2 Å². The van der Waals surface area contributed by atoms with Gasteiger partial charge in [0.15, 0.2) is 0 Å². The molecule has 0 bridgehead atoms. The molecule has 37 heavy (non-hydrogen) atoms. The number of nitrogens with one attached hydrogen (secondary N) is 2. The van der Waals surface area contributed by atoms with Gasteiger partial charge in [0, 0.05) is 12.1 Å². The Balaban J connectivity index is 1.92. The minimum atomic E-state index is -0.865. The molecule has 1 heterocycles. The molecule has 0 radical (unpaired) electrons. The number of carbonyl (C=O) groups excluding carboxylic acids is 3. The number of hydrogen-bond acceptors (Lipinski definition) is 5. The van der Waals surface area contributed by atoms with Crippen LogP contribution in [0.25, 0.3) is 0 Å². The van der Waals surface area contributed by atoms with Crippen LogP contribution in [0.15, 0.2) is 53.4 Å². The Kier molecular flexibility index (Phi) is 10.3. The predicted molar refractivity (Wildman–Crippen MR) is 148 cm³/mol. The maximum atomic E-state index is 13.8. The molecule has 0 saturated carbocycles. The molecule has 0 saturated heterocycles. The first-order valence-electron chi connectivity index (χ1n) is 13.0. The number of methoxy groups -OCH3 is 1. The molecule has 0 fully saturated rings. The molecule has 1 atom stereocenters. The van der Waals surface area contributed by atoms with Gasteiger partial charge in [-0.25, -0.2) is 0 Å². The van der Waals surface area contributed by atoms with Crippen molar-refractivity contribution in [3.05, 3.63) is 63.9 Å². The fraction of sp³-hybridized carbons (Fsp3) is 0.483. The Bertz CT molecular complexity index is 1090. The van der Waals surface area contributed by atoms with Crippen molar-refractivity contribution in [1.29, 1.82) is 0 Å². The van der Waals surface area contributed by atoms with E-state index in [4.69, 9.17) is 4.74 Å². The molecule has 3 amide bonds. The van der Waals surface area contributed by atoms with Crippen LogP contribution in [-0.2, 0) is 9.59 Å². The molecule has 0 spiro atoms. The van der Waals surface area contributed by atoms with Crippen molar-refractivity contribution in [2.75, 3.05) is 20.2 Å². The highest BCUT2D eigenvalue weighted by Crippen LogP contribution is 2.28. The second-order valence-electron chi connectivity index (χ2n) is 10.0. The summed E-state index contributed by atoms with van der Waals surface area (Å²) >= 11 is 1.32. The van der Waals surface area contributed by atoms with Crippen LogP contribution < -0.4 is 15.4 Å². The third-order valence-electron chi connectivity index (χ3n) is 6.84. The van der Waals surface area contributed by atoms with Gasteiger partial charge in [-0.2, -0.15) is 0 Å². The standard InChI is InChI=1S/C29H39N3O4S/c1-5-29(2,3)31-28(35)26(22-13-9-14-23(19-22)36-4)32(17-16-21-11-7-6-8-12-21)25(33)20-30-27(34)24-15-10-18-37-24/h9-11,13-15,18-19,26H,5-8,12,16-17,20H2,1-4H3,(H,30,34)(H,31,35)/t26-/m1/s1. The Hall–Kier alpha value is -3.13. The van der Waals surface area contributed by atoms with Crippen molar-refractivity contribution in [1.82, 2.24) is 15.5 Å². The number of benzene rings is 1. The lowest BCUT2D eigenvalue weighted by Gasteiger charge is -2.35. The van der Waals surface area contributed by atoms with E-state index >= 15 is 0 Å². The number of ether oxygens (including phenoxy) is 1. The molecule has 1 aliphatic carbocycles. The Morgan fingerprint density at radius 3 is 2.62 bits per heavy atom. The van der Waals surface area contributed by atoms with Crippen LogP contribution in [-0.4, -0.2) is 48.4 Å². The van der Waals surface area contributed by atoms with Crippen LogP contribution in [0.3, 0.4) is 0 Å². The average Bonchev–Trinajstić information content (AvgIpc) is 3.45. The maximum absolute atomic E-state index is 13.8. The highest BCUT2D eigenvalue weighted by molar-refractivity contribution is 7.12. The van der Waals surface area contributed by atoms with Crippen molar-refractivity contribution in [2.24, 2.45) is 0 Å². The number of amides is 3. The van der Waals surface area contributed by atoms with Crippen LogP contribution in [0.1, 0.15) is 80.6 Å². The minimum absolute atomic E-state index is 0.194. The highest BCUT2D eigenvalue weighted by atomic mass is 32.1. The molecule has 3 rings (SSSR count). The van der Waals surface area contributed by atoms with Gasteiger partial charge in [-0.05, 0) is 81.5 Å². The van der Waals surface area contributed by atoms with Crippen LogP contribution in [0.2, 0.25) is 0 Å². The predicted octanol–water partition coefficient (Wildman–Crippen LogP) is 5.25. The molecule has 1 aromatic carbocycles. The van der Waals surface area contributed by atoms with E-state index in [-0.39, 0.29) is 24.3 Å². The number of hydrogen-bond donors (Lipinski definition) is 2. The zero-order valence-electron chi connectivity index (χ0n) is 22.3. The lowest BCUT2D eigenvalue weighted by molar-refractivity contribution is -0.140. The molecule has 2 aromatic rings. The summed E-state index contributed by atoms with van der Waals surface area (Å²) in [4.78, 5) is 42.2. The first-order valence-corrected chi connectivity index (χ1v) is 13.9. The van der Waals surface area contributed by atoms with E-state index in [9.17, 15) is 14.4 Å². The molecule has 0 unspecified atom stereocenters. The molecule has 2 N–H and O–H groups in total. The van der Waals surface area contributed by atoms with Crippen molar-refractivity contribution in [2.45, 2.75) is 70.9 Å². The quantitative estimate of drug-likeness (QED) is 0.371. The summed E-state index contributed by atoms with van der Waals surface area (Å²) in [6, 6.07) is 9.93. The number of carbonyl (C=O) groups is 3. The maximum Gasteiger partial charge on any atom is 0.261 e. The van der Waals surface area contributed by atoms with Crippen molar-refractivity contribution < 1.29 is 19.1 Å². The fourth-order valence-corrected chi connectivity index (χ4v) is 4.96. The summed E-state index contributed by atoms with van der Waals surface area (Å²) in [5.41, 5.74) is 1.53. The van der Waals surface area contributed by atoms with Gasteiger partial charge < -0.3 is 20.3 Å². The number of thiophene rings is 1. The topological polar surface area (TPSA) is 87.7 Å². The van der Waals surface area contributed by atoms with E-state index in [2.05, 4.69) is 16.7 Å². The zero-order valence-corrected chi connectivity index (χ0v) is 23.2. The van der Waals surface area contributed by atoms with Gasteiger partial charge in [-0.3, -0.25) is 14.4 Å². The Morgan fingerprint density at radius 2 is 1.97 bits per heavy atom. The molecule has 7 nitrogen and oxygen atoms in total. The van der Waals surface area contributed by atoms with Gasteiger partial charge in [0.2, 0.25) is 11.8 Å². The summed E-state index contributed by atoms with van der Waals surface area (Å²) in [5, 5.41) is 7.69. The van der Waals surface area contributed by atoms with Crippen molar-refractivity contribution in [3.63, 3.8) is 0 Å². The third kappa shape index (κ3) is 8.18. The Morgan fingerprint density at radius 1 is 1.16 bits per heavy atom. The van der Waals surface area contributed by atoms with Crippen LogP contribution >= 0.6 is 11.3 Å². The van der Waals surface area contributed by atoms with Gasteiger partial charge in [0.05, 0.1) is 18.5 Å². The normalized spacial score (nSPS) is 14.3. The summed E-state index contributed by atoms with van der Waals surface area (Å²) in [5.74, 6) is -0.250. The lowest BCUT2D eigenvalue weighted by atomic mass is 9.95. The molecule has 1 aliphatic rings. The minimum Gasteiger partial charge on any atom is -0.497 e. The SMILES string of the molecule is CCC(C)(C)NC(=O)[C@@H](c1cccc(OC)c1)N(CCC1=CCCCC1)C(=O)CNC(=O)c1cccs1. The van der Waals surface area contributed by atoms with E-state index in [1.807, 2.05) is 44.4 Å². The summed E-state index contributed by atoms with van der Waals surface area (Å²) in [6.07, 6.45) is 8.06. The summed E-state index contributed by atoms with van der Waals surface area (Å²) < 4.78 is 5.42. The number of rotatable bonds is 12. The second-order valence-corrected chi connectivity index (χ2v) is 11.0. The summed E-state index contributed by atoms with van der Waals surface area (Å²) in [6.45, 7) is 6.13. The van der Waals surface area contributed by atoms with Gasteiger partial charge in [0.25, 0.3) is 5.91 Å². The van der Waals surface area contributed by atoms with Gasteiger partial charge in [-0.15, -0.1) is 11.3 Å². The van der Waals surface area contributed by atoms with E-state index in [1.165, 1.54) is 23.3 Å². The fourth-order valence-electron chi connectivity index (χ4n) is 4.32. The van der Waals surface area contributed by atoms with Crippen LogP contribution in [0.5, 0.6) is 5.75 Å². The Labute approximate surface area is 224 Å². The van der Waals surface area contributed by atoms with E-state index in [0.29, 0.717) is 29.2 Å². The summed E-state index contributed by atoms with van der Waals surface area (Å²) in [7, 11) is 1.58. The first-order chi connectivity index (χ1) is 17.7. The first kappa shape index (κ1) is 28.4. The zero-order chi connectivity index (χ0) is 26.8. The molecular weight excluding hydrogens is 486 g/mol. The van der Waals surface area contributed by atoms with E-state index in [0.717, 1.165) is 25.7 Å². The second kappa shape index (κ2) is 13.4. The van der Waals surface area contributed by atoms with Crippen LogP contribution in [0.4, 0.5) is 0 Å². The van der Waals surface area contributed by atoms with Gasteiger partial charge >= 0.3 is 0 Å². The molecule has 1 aromatic heterocycles. The third-order valence-corrected chi connectivity index (χ3v) is 7.71. The van der Waals surface area contributed by atoms with Gasteiger partial charge in [0.1, 0.15) is 11.8 Å². The smallest absolute Gasteiger partial charge is 0.261 e. The monoisotopic (exact) mass is 525 g/mol. The highest BCUT2D eigenvalue weighted by Gasteiger charge is 2.34. The van der Waals surface area contributed by atoms with Crippen LogP contribution in [0, 0.1) is 0 Å². The molecule has 200 valence electrons. The number of allylic oxidation sites excluding steroid dienone is 1. The van der Waals surface area contributed by atoms with E-state index < -0.39 is 11.6 Å².